The van der Waals surface area contributed by atoms with Crippen molar-refractivity contribution < 1.29 is 10.4 Å². The second-order valence-corrected chi connectivity index (χ2v) is 4.78. The minimum absolute atomic E-state index is 0.373. The van der Waals surface area contributed by atoms with E-state index in [1.54, 1.807) is 0 Å². The number of nitrogens with two attached hydrogens (primary N) is 1. The number of aliphatic hydroxyl groups is 1. The molecule has 0 heterocycles. The molecule has 2 heteroatoms. The topological polar surface area (TPSA) is 36.8 Å². The fourth-order valence-electron chi connectivity index (χ4n) is 2.44. The lowest BCUT2D eigenvalue weighted by Gasteiger charge is -2.23. The van der Waals surface area contributed by atoms with Crippen LogP contribution in [0.4, 0.5) is 0 Å². The molecule has 2 nitrogen and oxygen atoms in total. The van der Waals surface area contributed by atoms with Crippen LogP contribution in [-0.4, -0.2) is 16.7 Å². The first kappa shape index (κ1) is 10.7. The van der Waals surface area contributed by atoms with Crippen molar-refractivity contribution in [3.63, 3.8) is 0 Å². The molecule has 15 heavy (non-hydrogen) atoms. The average molecular weight is 206 g/mol. The zero-order valence-electron chi connectivity index (χ0n) is 9.32. The zero-order chi connectivity index (χ0) is 10.7. The summed E-state index contributed by atoms with van der Waals surface area (Å²) in [5.74, 6) is 0. The number of benzene rings is 1. The number of quaternary nitrogens is 1. The molecule has 1 fully saturated rings. The standard InChI is InChI=1S/C13H19NO/c1-13(15)9-5-8-12(13)14-10-11-6-3-2-4-7-11/h2-4,6-7,12,14-15H,5,8-10H2,1H3/p+1/t12-,13-/m1/s1. The highest BCUT2D eigenvalue weighted by molar-refractivity contribution is 5.13. The Morgan fingerprint density at radius 1 is 1.40 bits per heavy atom. The molecule has 1 aliphatic carbocycles. The fraction of sp³-hybridized carbons (Fsp3) is 0.538. The molecule has 0 spiro atoms. The Morgan fingerprint density at radius 2 is 2.13 bits per heavy atom. The Hall–Kier alpha value is -0.860. The van der Waals surface area contributed by atoms with Gasteiger partial charge in [0.25, 0.3) is 0 Å². The lowest BCUT2D eigenvalue weighted by atomic mass is 10.0. The van der Waals surface area contributed by atoms with Crippen molar-refractivity contribution in [1.82, 2.24) is 0 Å². The minimum atomic E-state index is -0.464. The summed E-state index contributed by atoms with van der Waals surface area (Å²) in [6.07, 6.45) is 3.24. The summed E-state index contributed by atoms with van der Waals surface area (Å²) in [5, 5.41) is 12.4. The molecule has 82 valence electrons. The number of hydrogen-bond acceptors (Lipinski definition) is 1. The molecule has 0 unspecified atom stereocenters. The summed E-state index contributed by atoms with van der Waals surface area (Å²) in [7, 11) is 0. The van der Waals surface area contributed by atoms with Crippen LogP contribution < -0.4 is 5.32 Å². The molecular weight excluding hydrogens is 186 g/mol. The summed E-state index contributed by atoms with van der Waals surface area (Å²) >= 11 is 0. The Bertz CT molecular complexity index is 308. The van der Waals surface area contributed by atoms with Gasteiger partial charge in [-0.05, 0) is 19.8 Å². The number of hydrogen-bond donors (Lipinski definition) is 2. The van der Waals surface area contributed by atoms with Crippen molar-refractivity contribution >= 4 is 0 Å². The summed E-state index contributed by atoms with van der Waals surface area (Å²) < 4.78 is 0. The predicted octanol–water partition coefficient (Wildman–Crippen LogP) is 1.05. The van der Waals surface area contributed by atoms with Gasteiger partial charge in [-0.1, -0.05) is 30.3 Å². The number of rotatable bonds is 3. The zero-order valence-corrected chi connectivity index (χ0v) is 9.32. The van der Waals surface area contributed by atoms with Crippen molar-refractivity contribution in [3.8, 4) is 0 Å². The van der Waals surface area contributed by atoms with E-state index in [9.17, 15) is 5.11 Å². The van der Waals surface area contributed by atoms with Gasteiger partial charge in [-0.15, -0.1) is 0 Å². The lowest BCUT2D eigenvalue weighted by Crippen LogP contribution is -2.91. The summed E-state index contributed by atoms with van der Waals surface area (Å²) in [4.78, 5) is 0. The van der Waals surface area contributed by atoms with Gasteiger partial charge in [0.2, 0.25) is 0 Å². The minimum Gasteiger partial charge on any atom is -0.384 e. The molecule has 0 saturated heterocycles. The molecule has 3 N–H and O–H groups in total. The van der Waals surface area contributed by atoms with Crippen LogP contribution in [0.25, 0.3) is 0 Å². The van der Waals surface area contributed by atoms with Crippen molar-refractivity contribution in [2.24, 2.45) is 0 Å². The van der Waals surface area contributed by atoms with Crippen LogP contribution in [0, 0.1) is 0 Å². The van der Waals surface area contributed by atoms with E-state index in [1.165, 1.54) is 5.56 Å². The molecule has 0 radical (unpaired) electrons. The lowest BCUT2D eigenvalue weighted by molar-refractivity contribution is -0.714. The smallest absolute Gasteiger partial charge is 0.115 e. The van der Waals surface area contributed by atoms with Gasteiger partial charge in [0, 0.05) is 12.0 Å². The van der Waals surface area contributed by atoms with E-state index in [0.29, 0.717) is 6.04 Å². The van der Waals surface area contributed by atoms with E-state index < -0.39 is 5.60 Å². The van der Waals surface area contributed by atoms with Gasteiger partial charge in [-0.2, -0.15) is 0 Å². The maximum atomic E-state index is 10.1. The van der Waals surface area contributed by atoms with Crippen molar-refractivity contribution in [1.29, 1.82) is 0 Å². The first-order valence-electron chi connectivity index (χ1n) is 5.78. The van der Waals surface area contributed by atoms with E-state index >= 15 is 0 Å². The van der Waals surface area contributed by atoms with E-state index in [0.717, 1.165) is 25.8 Å². The highest BCUT2D eigenvalue weighted by Gasteiger charge is 2.39. The van der Waals surface area contributed by atoms with Gasteiger partial charge in [-0.25, -0.2) is 0 Å². The maximum absolute atomic E-state index is 10.1. The van der Waals surface area contributed by atoms with Crippen molar-refractivity contribution in [3.05, 3.63) is 35.9 Å². The van der Waals surface area contributed by atoms with Crippen LogP contribution >= 0.6 is 0 Å². The molecule has 2 atom stereocenters. The van der Waals surface area contributed by atoms with Gasteiger partial charge in [-0.3, -0.25) is 0 Å². The second kappa shape index (κ2) is 4.33. The van der Waals surface area contributed by atoms with E-state index in [1.807, 2.05) is 13.0 Å². The predicted molar refractivity (Wildman–Crippen MR) is 60.3 cm³/mol. The Labute approximate surface area is 91.3 Å². The molecule has 0 bridgehead atoms. The molecule has 0 aliphatic heterocycles. The Kier molecular flexibility index (Phi) is 3.08. The SMILES string of the molecule is C[C@@]1(O)CCC[C@H]1[NH2+]Cc1ccccc1. The largest absolute Gasteiger partial charge is 0.384 e. The first-order chi connectivity index (χ1) is 7.18. The third-order valence-electron chi connectivity index (χ3n) is 3.48. The average Bonchev–Trinajstić information content (AvgIpc) is 2.56. The monoisotopic (exact) mass is 206 g/mol. The second-order valence-electron chi connectivity index (χ2n) is 4.78. The van der Waals surface area contributed by atoms with Crippen LogP contribution in [-0.2, 0) is 6.54 Å². The van der Waals surface area contributed by atoms with E-state index in [-0.39, 0.29) is 0 Å². The quantitative estimate of drug-likeness (QED) is 0.762. The Balaban J connectivity index is 1.89. The molecule has 1 aromatic rings. The van der Waals surface area contributed by atoms with Gasteiger partial charge in [0.15, 0.2) is 0 Å². The summed E-state index contributed by atoms with van der Waals surface area (Å²) in [5.41, 5.74) is 0.870. The molecule has 1 aromatic carbocycles. The summed E-state index contributed by atoms with van der Waals surface area (Å²) in [6, 6.07) is 10.8. The van der Waals surface area contributed by atoms with Gasteiger partial charge in [0.1, 0.15) is 18.2 Å². The molecule has 0 aromatic heterocycles. The van der Waals surface area contributed by atoms with Gasteiger partial charge >= 0.3 is 0 Å². The third kappa shape index (κ3) is 2.58. The Morgan fingerprint density at radius 3 is 2.73 bits per heavy atom. The van der Waals surface area contributed by atoms with Crippen LogP contribution in [0.15, 0.2) is 30.3 Å². The molecule has 1 saturated carbocycles. The van der Waals surface area contributed by atoms with Gasteiger partial charge in [0.05, 0.1) is 0 Å². The van der Waals surface area contributed by atoms with E-state index in [4.69, 9.17) is 0 Å². The molecule has 2 rings (SSSR count). The van der Waals surface area contributed by atoms with Crippen LogP contribution in [0.3, 0.4) is 0 Å². The van der Waals surface area contributed by atoms with Crippen molar-refractivity contribution in [2.75, 3.05) is 0 Å². The van der Waals surface area contributed by atoms with Crippen LogP contribution in [0.5, 0.6) is 0 Å². The van der Waals surface area contributed by atoms with E-state index in [2.05, 4.69) is 29.6 Å². The highest BCUT2D eigenvalue weighted by Crippen LogP contribution is 2.26. The summed E-state index contributed by atoms with van der Waals surface area (Å²) in [6.45, 7) is 2.94. The fourth-order valence-corrected chi connectivity index (χ4v) is 2.44. The van der Waals surface area contributed by atoms with Crippen LogP contribution in [0.2, 0.25) is 0 Å². The van der Waals surface area contributed by atoms with Crippen LogP contribution in [0.1, 0.15) is 31.7 Å². The van der Waals surface area contributed by atoms with Crippen molar-refractivity contribution in [2.45, 2.75) is 44.4 Å². The first-order valence-corrected chi connectivity index (χ1v) is 5.78. The maximum Gasteiger partial charge on any atom is 0.115 e. The molecular formula is C13H20NO+. The normalized spacial score (nSPS) is 30.7. The van der Waals surface area contributed by atoms with Gasteiger partial charge < -0.3 is 10.4 Å². The molecule has 0 amide bonds. The molecule has 1 aliphatic rings. The highest BCUT2D eigenvalue weighted by atomic mass is 16.3. The third-order valence-corrected chi connectivity index (χ3v) is 3.48.